The van der Waals surface area contributed by atoms with Crippen LogP contribution in [-0.2, 0) is 13.1 Å². The predicted molar refractivity (Wildman–Crippen MR) is 166 cm³/mol. The molecule has 1 fully saturated rings. The van der Waals surface area contributed by atoms with Crippen molar-refractivity contribution in [2.75, 3.05) is 57.0 Å². The van der Waals surface area contributed by atoms with Gasteiger partial charge in [-0.1, -0.05) is 42.5 Å². The minimum atomic E-state index is -0.175. The van der Waals surface area contributed by atoms with Crippen molar-refractivity contribution in [2.45, 2.75) is 19.5 Å². The molecule has 10 nitrogen and oxygen atoms in total. The van der Waals surface area contributed by atoms with Crippen LogP contribution in [0.1, 0.15) is 17.5 Å². The molecular formula is C31H38N8O2. The maximum atomic E-state index is 12.6. The highest BCUT2D eigenvalue weighted by molar-refractivity contribution is 5.90. The maximum Gasteiger partial charge on any atom is 0.323 e. The largest absolute Gasteiger partial charge is 0.633 e. The van der Waals surface area contributed by atoms with Crippen molar-refractivity contribution < 1.29 is 9.44 Å². The number of amides is 2. The number of urea groups is 1. The van der Waals surface area contributed by atoms with Gasteiger partial charge in [0.2, 0.25) is 0 Å². The van der Waals surface area contributed by atoms with Crippen molar-refractivity contribution in [1.29, 1.82) is 0 Å². The Hall–Kier alpha value is -4.41. The van der Waals surface area contributed by atoms with E-state index in [1.165, 1.54) is 0 Å². The summed E-state index contributed by atoms with van der Waals surface area (Å²) in [4.78, 5) is 21.1. The number of carbonyl (C=O) groups excluding carboxylic acids is 1. The highest BCUT2D eigenvalue weighted by atomic mass is 16.5. The zero-order valence-corrected chi connectivity index (χ0v) is 23.7. The number of fused-ring (bicyclic) bond motifs is 1. The molecule has 3 aliphatic rings. The van der Waals surface area contributed by atoms with Gasteiger partial charge in [-0.3, -0.25) is 4.90 Å². The van der Waals surface area contributed by atoms with Crippen LogP contribution in [0.3, 0.4) is 0 Å². The summed E-state index contributed by atoms with van der Waals surface area (Å²) in [6, 6.07) is 23.9. The van der Waals surface area contributed by atoms with Gasteiger partial charge in [-0.25, -0.2) is 9.79 Å². The molecule has 0 atom stereocenters. The predicted octanol–water partition coefficient (Wildman–Crippen LogP) is 4.89. The van der Waals surface area contributed by atoms with Crippen molar-refractivity contribution in [1.82, 2.24) is 15.2 Å². The van der Waals surface area contributed by atoms with Crippen molar-refractivity contribution >= 4 is 41.3 Å². The first-order valence-electron chi connectivity index (χ1n) is 14.0. The van der Waals surface area contributed by atoms with Gasteiger partial charge in [0, 0.05) is 44.1 Å². The normalized spacial score (nSPS) is 17.0. The maximum absolute atomic E-state index is 12.6. The standard InChI is InChI=1S/C27H30N6O2.C4H8N2/c1-33(35)16-14-31(15-17-33)24-12-10-23(11-13-24)30-25-9-5-8-22-19-32(20-29-26(22)25)27(34)28-18-21-6-3-2-4-7-21;1-6-4-2-3-5-6/h2-13,20,30H,14-19H2,1H3,(H,28,34);3H,2,4H2,1H3. The minimum Gasteiger partial charge on any atom is -0.633 e. The summed E-state index contributed by atoms with van der Waals surface area (Å²) in [5.41, 5.74) is 5.86. The topological polar surface area (TPSA) is 98.6 Å². The molecule has 0 bridgehead atoms. The number of hydrogen-bond acceptors (Lipinski definition) is 7. The van der Waals surface area contributed by atoms with Gasteiger partial charge in [0.05, 0.1) is 57.5 Å². The summed E-state index contributed by atoms with van der Waals surface area (Å²) in [5.74, 6) is 0. The molecule has 3 aliphatic heterocycles. The smallest absolute Gasteiger partial charge is 0.323 e. The Labute approximate surface area is 241 Å². The van der Waals surface area contributed by atoms with Crippen LogP contribution >= 0.6 is 0 Å². The van der Waals surface area contributed by atoms with Gasteiger partial charge in [-0.15, -0.1) is 0 Å². The van der Waals surface area contributed by atoms with Crippen molar-refractivity contribution in [3.8, 4) is 0 Å². The number of piperazine rings is 1. The first kappa shape index (κ1) is 28.1. The highest BCUT2D eigenvalue weighted by Crippen LogP contribution is 2.35. The summed E-state index contributed by atoms with van der Waals surface area (Å²) in [6.07, 6.45) is 4.64. The van der Waals surface area contributed by atoms with E-state index in [2.05, 4.69) is 37.8 Å². The number of nitrogens with one attached hydrogen (secondary N) is 2. The number of carbonyl (C=O) groups is 1. The third kappa shape index (κ3) is 7.62. The van der Waals surface area contributed by atoms with Gasteiger partial charge in [0.1, 0.15) is 0 Å². The molecule has 0 aliphatic carbocycles. The molecule has 2 amide bonds. The Kier molecular flexibility index (Phi) is 8.81. The molecule has 0 aromatic heterocycles. The lowest BCUT2D eigenvalue weighted by atomic mass is 10.1. The number of hydrogen-bond donors (Lipinski definition) is 2. The van der Waals surface area contributed by atoms with E-state index < -0.39 is 0 Å². The Morgan fingerprint density at radius 2 is 1.73 bits per heavy atom. The van der Waals surface area contributed by atoms with E-state index >= 15 is 0 Å². The Bertz CT molecular complexity index is 1360. The first-order valence-corrected chi connectivity index (χ1v) is 14.0. The van der Waals surface area contributed by atoms with Crippen LogP contribution in [0.5, 0.6) is 0 Å². The fourth-order valence-corrected chi connectivity index (χ4v) is 4.88. The van der Waals surface area contributed by atoms with Crippen LogP contribution in [0.2, 0.25) is 0 Å². The van der Waals surface area contributed by atoms with Gasteiger partial charge >= 0.3 is 6.03 Å². The number of benzene rings is 3. The molecule has 41 heavy (non-hydrogen) atoms. The van der Waals surface area contributed by atoms with Crippen LogP contribution < -0.4 is 15.5 Å². The van der Waals surface area contributed by atoms with Crippen LogP contribution in [0.25, 0.3) is 0 Å². The monoisotopic (exact) mass is 554 g/mol. The molecule has 3 aromatic carbocycles. The zero-order chi connectivity index (χ0) is 28.7. The lowest BCUT2D eigenvalue weighted by molar-refractivity contribution is -0.861. The van der Waals surface area contributed by atoms with E-state index in [-0.39, 0.29) is 10.7 Å². The average molecular weight is 555 g/mol. The van der Waals surface area contributed by atoms with Crippen LogP contribution in [0.15, 0.2) is 82.9 Å². The molecule has 6 rings (SSSR count). The number of aliphatic imine (C=N–C) groups is 1. The molecule has 3 aromatic rings. The second-order valence-corrected chi connectivity index (χ2v) is 10.7. The fraction of sp³-hybridized carbons (Fsp3) is 0.323. The molecule has 3 heterocycles. The molecule has 0 spiro atoms. The van der Waals surface area contributed by atoms with Crippen molar-refractivity contribution in [3.63, 3.8) is 0 Å². The molecule has 1 saturated heterocycles. The fourth-order valence-electron chi connectivity index (χ4n) is 4.88. The van der Waals surface area contributed by atoms with E-state index in [0.717, 1.165) is 59.9 Å². The number of para-hydroxylation sites is 1. The summed E-state index contributed by atoms with van der Waals surface area (Å²) < 4.78 is -0.165. The van der Waals surface area contributed by atoms with Gasteiger partial charge in [-0.05, 0) is 41.5 Å². The third-order valence-electron chi connectivity index (χ3n) is 7.39. The zero-order valence-electron chi connectivity index (χ0n) is 23.7. The van der Waals surface area contributed by atoms with Crippen molar-refractivity contribution in [3.05, 3.63) is 89.1 Å². The van der Waals surface area contributed by atoms with Gasteiger partial charge in [-0.2, -0.15) is 5.10 Å². The van der Waals surface area contributed by atoms with E-state index in [9.17, 15) is 10.0 Å². The Morgan fingerprint density at radius 1 is 0.976 bits per heavy atom. The summed E-state index contributed by atoms with van der Waals surface area (Å²) in [6.45, 7) is 4.78. The number of anilines is 3. The quantitative estimate of drug-likeness (QED) is 0.346. The number of hydroxylamine groups is 3. The third-order valence-corrected chi connectivity index (χ3v) is 7.39. The Balaban J connectivity index is 0.000000500. The molecule has 0 saturated carbocycles. The Morgan fingerprint density at radius 3 is 2.39 bits per heavy atom. The van der Waals surface area contributed by atoms with Crippen molar-refractivity contribution in [2.24, 2.45) is 10.1 Å². The molecule has 0 unspecified atom stereocenters. The number of likely N-dealkylation sites (N-methyl/N-ethyl adjacent to an activating group) is 1. The second kappa shape index (κ2) is 12.8. The number of quaternary nitrogens is 1. The van der Waals surface area contributed by atoms with Gasteiger partial charge < -0.3 is 30.4 Å². The van der Waals surface area contributed by atoms with E-state index in [4.69, 9.17) is 0 Å². The molecular weight excluding hydrogens is 516 g/mol. The lowest BCUT2D eigenvalue weighted by Crippen LogP contribution is -2.53. The minimum absolute atomic E-state index is 0.165. The summed E-state index contributed by atoms with van der Waals surface area (Å²) in [5, 5.41) is 24.4. The summed E-state index contributed by atoms with van der Waals surface area (Å²) in [7, 11) is 3.72. The molecule has 2 N–H and O–H groups in total. The highest BCUT2D eigenvalue weighted by Gasteiger charge is 2.22. The molecule has 214 valence electrons. The second-order valence-electron chi connectivity index (χ2n) is 10.7. The van der Waals surface area contributed by atoms with Gasteiger partial charge in [0.25, 0.3) is 0 Å². The lowest BCUT2D eigenvalue weighted by Gasteiger charge is -2.45. The molecule has 0 radical (unpaired) electrons. The number of nitrogens with zero attached hydrogens (tertiary/aromatic N) is 6. The van der Waals surface area contributed by atoms with E-state index in [1.807, 2.05) is 78.9 Å². The van der Waals surface area contributed by atoms with Crippen LogP contribution in [0.4, 0.5) is 27.5 Å². The summed E-state index contributed by atoms with van der Waals surface area (Å²) >= 11 is 0. The van der Waals surface area contributed by atoms with Crippen LogP contribution in [-0.4, -0.2) is 80.0 Å². The van der Waals surface area contributed by atoms with Gasteiger partial charge in [0.15, 0.2) is 0 Å². The number of hydrazone groups is 1. The number of rotatable bonds is 5. The van der Waals surface area contributed by atoms with Crippen LogP contribution in [0, 0.1) is 5.21 Å². The SMILES string of the molecule is CN1CCC=N1.C[N+]1([O-])CCN(c2ccc(Nc3cccc4c3N=CN(C(=O)NCc3ccccc3)C4)cc2)CC1. The molecule has 10 heteroatoms. The van der Waals surface area contributed by atoms with E-state index in [0.29, 0.717) is 26.2 Å². The van der Waals surface area contributed by atoms with E-state index in [1.54, 1.807) is 18.3 Å². The first-order chi connectivity index (χ1) is 19.9. The average Bonchev–Trinajstić information content (AvgIpc) is 3.48.